The Morgan fingerprint density at radius 2 is 2.17 bits per heavy atom. The van der Waals surface area contributed by atoms with Gasteiger partial charge in [-0.3, -0.25) is 9.79 Å². The van der Waals surface area contributed by atoms with E-state index in [0.717, 1.165) is 45.0 Å². The quantitative estimate of drug-likeness (QED) is 0.547. The van der Waals surface area contributed by atoms with Gasteiger partial charge in [-0.1, -0.05) is 20.3 Å². The molecule has 2 aliphatic rings. The van der Waals surface area contributed by atoms with Crippen molar-refractivity contribution in [3.05, 3.63) is 0 Å². The van der Waals surface area contributed by atoms with Gasteiger partial charge in [0.05, 0.1) is 0 Å². The summed E-state index contributed by atoms with van der Waals surface area (Å²) in [5.74, 6) is 1.17. The molecule has 0 spiro atoms. The Balaban J connectivity index is 1.78. The minimum Gasteiger partial charge on any atom is -0.385 e. The average molecular weight is 338 g/mol. The fraction of sp³-hybridized carbons (Fsp3) is 0.889. The summed E-state index contributed by atoms with van der Waals surface area (Å²) in [6, 6.07) is 0.287. The van der Waals surface area contributed by atoms with Crippen molar-refractivity contribution < 1.29 is 9.53 Å². The second-order valence-corrected chi connectivity index (χ2v) is 7.59. The van der Waals surface area contributed by atoms with E-state index in [2.05, 4.69) is 15.6 Å². The molecule has 24 heavy (non-hydrogen) atoms. The van der Waals surface area contributed by atoms with Gasteiger partial charge in [0.2, 0.25) is 5.91 Å². The molecule has 1 amide bonds. The molecule has 0 radical (unpaired) electrons. The van der Waals surface area contributed by atoms with Crippen LogP contribution in [-0.4, -0.2) is 63.2 Å². The molecule has 0 bridgehead atoms. The molecule has 2 fully saturated rings. The van der Waals surface area contributed by atoms with Crippen molar-refractivity contribution in [1.29, 1.82) is 0 Å². The fourth-order valence-electron chi connectivity index (χ4n) is 3.61. The number of carbonyl (C=O) groups excluding carboxylic acids is 1. The van der Waals surface area contributed by atoms with Crippen LogP contribution in [0.25, 0.3) is 0 Å². The van der Waals surface area contributed by atoms with Crippen LogP contribution in [0.4, 0.5) is 0 Å². The second kappa shape index (κ2) is 8.70. The first-order valence-corrected chi connectivity index (χ1v) is 9.24. The monoisotopic (exact) mass is 338 g/mol. The molecule has 6 heteroatoms. The lowest BCUT2D eigenvalue weighted by atomic mass is 9.67. The Hall–Kier alpha value is -1.30. The van der Waals surface area contributed by atoms with E-state index in [1.165, 1.54) is 19.3 Å². The fourth-order valence-corrected chi connectivity index (χ4v) is 3.61. The zero-order valence-corrected chi connectivity index (χ0v) is 15.7. The summed E-state index contributed by atoms with van der Waals surface area (Å²) in [4.78, 5) is 18.4. The maximum atomic E-state index is 12.1. The number of rotatable bonds is 7. The SMILES string of the molecule is CN=C(NCC1(CCOC)CCC1)NC1CCN(C(=O)C(C)C)C1. The van der Waals surface area contributed by atoms with Gasteiger partial charge in [0.15, 0.2) is 5.96 Å². The molecular weight excluding hydrogens is 304 g/mol. The third kappa shape index (κ3) is 4.85. The Morgan fingerprint density at radius 3 is 2.71 bits per heavy atom. The Kier molecular flexibility index (Phi) is 6.90. The highest BCUT2D eigenvalue weighted by molar-refractivity contribution is 5.81. The van der Waals surface area contributed by atoms with Crippen LogP contribution in [0.5, 0.6) is 0 Å². The van der Waals surface area contributed by atoms with Gasteiger partial charge in [-0.2, -0.15) is 0 Å². The summed E-state index contributed by atoms with van der Waals surface area (Å²) in [5, 5.41) is 6.97. The highest BCUT2D eigenvalue weighted by atomic mass is 16.5. The lowest BCUT2D eigenvalue weighted by Crippen LogP contribution is -2.50. The normalized spacial score (nSPS) is 23.3. The van der Waals surface area contributed by atoms with Gasteiger partial charge in [0, 0.05) is 52.4 Å². The van der Waals surface area contributed by atoms with Crippen molar-refractivity contribution in [2.24, 2.45) is 16.3 Å². The summed E-state index contributed by atoms with van der Waals surface area (Å²) in [5.41, 5.74) is 0.364. The summed E-state index contributed by atoms with van der Waals surface area (Å²) in [6.45, 7) is 7.29. The van der Waals surface area contributed by atoms with Gasteiger partial charge in [-0.25, -0.2) is 0 Å². The van der Waals surface area contributed by atoms with Gasteiger partial charge in [0.1, 0.15) is 0 Å². The van der Waals surface area contributed by atoms with Gasteiger partial charge in [-0.15, -0.1) is 0 Å². The number of nitrogens with one attached hydrogen (secondary N) is 2. The molecule has 1 aliphatic heterocycles. The van der Waals surface area contributed by atoms with Crippen LogP contribution in [0.1, 0.15) is 46.0 Å². The number of likely N-dealkylation sites (tertiary alicyclic amines) is 1. The van der Waals surface area contributed by atoms with Crippen LogP contribution >= 0.6 is 0 Å². The number of guanidine groups is 1. The Labute approximate surface area is 146 Å². The number of ether oxygens (including phenoxy) is 1. The molecule has 1 atom stereocenters. The maximum absolute atomic E-state index is 12.1. The van der Waals surface area contributed by atoms with E-state index in [4.69, 9.17) is 4.74 Å². The molecule has 1 saturated carbocycles. The third-order valence-electron chi connectivity index (χ3n) is 5.44. The number of methoxy groups -OCH3 is 1. The molecule has 6 nitrogen and oxygen atoms in total. The van der Waals surface area contributed by atoms with Crippen LogP contribution in [-0.2, 0) is 9.53 Å². The maximum Gasteiger partial charge on any atom is 0.225 e. The predicted molar refractivity (Wildman–Crippen MR) is 97.1 cm³/mol. The molecule has 0 aromatic carbocycles. The van der Waals surface area contributed by atoms with Gasteiger partial charge in [-0.05, 0) is 31.1 Å². The minimum atomic E-state index is 0.0699. The van der Waals surface area contributed by atoms with E-state index in [1.54, 1.807) is 7.11 Å². The molecule has 0 aromatic heterocycles. The number of hydrogen-bond acceptors (Lipinski definition) is 3. The van der Waals surface area contributed by atoms with Crippen LogP contribution in [0, 0.1) is 11.3 Å². The van der Waals surface area contributed by atoms with E-state index in [1.807, 2.05) is 25.8 Å². The average Bonchev–Trinajstić information content (AvgIpc) is 2.99. The topological polar surface area (TPSA) is 66.0 Å². The molecule has 2 rings (SSSR count). The molecule has 1 unspecified atom stereocenters. The van der Waals surface area contributed by atoms with Crippen molar-refractivity contribution in [2.75, 3.05) is 40.4 Å². The summed E-state index contributed by atoms with van der Waals surface area (Å²) in [6.07, 6.45) is 5.93. The largest absolute Gasteiger partial charge is 0.385 e. The minimum absolute atomic E-state index is 0.0699. The zero-order chi connectivity index (χ0) is 17.6. The van der Waals surface area contributed by atoms with Crippen LogP contribution < -0.4 is 10.6 Å². The number of carbonyl (C=O) groups is 1. The smallest absolute Gasteiger partial charge is 0.225 e. The number of aliphatic imine (C=N–C) groups is 1. The van der Waals surface area contributed by atoms with Gasteiger partial charge >= 0.3 is 0 Å². The molecule has 1 saturated heterocycles. The molecule has 1 heterocycles. The zero-order valence-electron chi connectivity index (χ0n) is 15.7. The Bertz CT molecular complexity index is 446. The molecule has 0 aromatic rings. The van der Waals surface area contributed by atoms with Crippen molar-refractivity contribution in [2.45, 2.75) is 52.0 Å². The molecule has 138 valence electrons. The standard InChI is InChI=1S/C18H34N4O2/c1-14(2)16(23)22-10-6-15(12-22)21-17(19-3)20-13-18(7-5-8-18)9-11-24-4/h14-15H,5-13H2,1-4H3,(H2,19,20,21). The van der Waals surface area contributed by atoms with E-state index in [-0.39, 0.29) is 17.9 Å². The Morgan fingerprint density at radius 1 is 1.42 bits per heavy atom. The lowest BCUT2D eigenvalue weighted by Gasteiger charge is -2.42. The van der Waals surface area contributed by atoms with Gasteiger partial charge in [0.25, 0.3) is 0 Å². The molecular formula is C18H34N4O2. The van der Waals surface area contributed by atoms with E-state index in [0.29, 0.717) is 5.41 Å². The van der Waals surface area contributed by atoms with Crippen molar-refractivity contribution in [3.8, 4) is 0 Å². The van der Waals surface area contributed by atoms with E-state index >= 15 is 0 Å². The lowest BCUT2D eigenvalue weighted by molar-refractivity contribution is -0.133. The molecule has 1 aliphatic carbocycles. The highest BCUT2D eigenvalue weighted by Gasteiger charge is 2.36. The van der Waals surface area contributed by atoms with Crippen molar-refractivity contribution >= 4 is 11.9 Å². The van der Waals surface area contributed by atoms with Crippen LogP contribution in [0.3, 0.4) is 0 Å². The summed E-state index contributed by atoms with van der Waals surface area (Å²) < 4.78 is 5.26. The first-order valence-electron chi connectivity index (χ1n) is 9.24. The second-order valence-electron chi connectivity index (χ2n) is 7.59. The van der Waals surface area contributed by atoms with Crippen LogP contribution in [0.2, 0.25) is 0 Å². The first kappa shape index (κ1) is 19.0. The predicted octanol–water partition coefficient (Wildman–Crippen LogP) is 1.62. The first-order chi connectivity index (χ1) is 11.5. The highest BCUT2D eigenvalue weighted by Crippen LogP contribution is 2.43. The third-order valence-corrected chi connectivity index (χ3v) is 5.44. The summed E-state index contributed by atoms with van der Waals surface area (Å²) in [7, 11) is 3.58. The van der Waals surface area contributed by atoms with Crippen molar-refractivity contribution in [1.82, 2.24) is 15.5 Å². The number of nitrogens with zero attached hydrogens (tertiary/aromatic N) is 2. The number of amides is 1. The molecule has 2 N–H and O–H groups in total. The summed E-state index contributed by atoms with van der Waals surface area (Å²) >= 11 is 0. The number of hydrogen-bond donors (Lipinski definition) is 2. The van der Waals surface area contributed by atoms with E-state index < -0.39 is 0 Å². The van der Waals surface area contributed by atoms with E-state index in [9.17, 15) is 4.79 Å². The van der Waals surface area contributed by atoms with Crippen molar-refractivity contribution in [3.63, 3.8) is 0 Å². The van der Waals surface area contributed by atoms with Gasteiger partial charge < -0.3 is 20.3 Å². The van der Waals surface area contributed by atoms with Crippen LogP contribution in [0.15, 0.2) is 4.99 Å².